The zero-order valence-electron chi connectivity index (χ0n) is 14.3. The molecule has 1 N–H and O–H groups in total. The van der Waals surface area contributed by atoms with Gasteiger partial charge in [-0.15, -0.1) is 0 Å². The van der Waals surface area contributed by atoms with Crippen LogP contribution in [0.15, 0.2) is 42.1 Å². The SMILES string of the molecule is CCN1CCC[C@H]1CNC=C1C(=O)CC(c2ccccc2)CC1=O. The highest BCUT2D eigenvalue weighted by atomic mass is 16.1. The van der Waals surface area contributed by atoms with E-state index < -0.39 is 0 Å². The third-order valence-corrected chi connectivity index (χ3v) is 5.24. The number of nitrogens with one attached hydrogen (secondary N) is 1. The highest BCUT2D eigenvalue weighted by Gasteiger charge is 2.31. The number of nitrogens with zero attached hydrogens (tertiary/aromatic N) is 1. The summed E-state index contributed by atoms with van der Waals surface area (Å²) in [5.74, 6) is -0.0495. The second-order valence-corrected chi connectivity index (χ2v) is 6.75. The summed E-state index contributed by atoms with van der Waals surface area (Å²) < 4.78 is 0. The van der Waals surface area contributed by atoms with Gasteiger partial charge in [-0.3, -0.25) is 14.5 Å². The third kappa shape index (κ3) is 3.75. The predicted octanol–water partition coefficient (Wildman–Crippen LogP) is 2.66. The van der Waals surface area contributed by atoms with E-state index in [0.29, 0.717) is 24.5 Å². The molecule has 0 bridgehead atoms. The molecule has 2 fully saturated rings. The predicted molar refractivity (Wildman–Crippen MR) is 94.8 cm³/mol. The lowest BCUT2D eigenvalue weighted by Crippen LogP contribution is -2.37. The first-order valence-corrected chi connectivity index (χ1v) is 8.98. The number of hydrogen-bond acceptors (Lipinski definition) is 4. The fourth-order valence-corrected chi connectivity index (χ4v) is 3.86. The quantitative estimate of drug-likeness (QED) is 0.667. The van der Waals surface area contributed by atoms with Gasteiger partial charge in [-0.05, 0) is 37.4 Å². The Bertz CT molecular complexity index is 604. The summed E-state index contributed by atoms with van der Waals surface area (Å²) in [4.78, 5) is 27.2. The first kappa shape index (κ1) is 16.9. The number of carbonyl (C=O) groups excluding carboxylic acids is 2. The van der Waals surface area contributed by atoms with Crippen molar-refractivity contribution in [2.24, 2.45) is 0 Å². The van der Waals surface area contributed by atoms with E-state index in [1.54, 1.807) is 6.20 Å². The molecule has 1 aromatic carbocycles. The fourth-order valence-electron chi connectivity index (χ4n) is 3.86. The Morgan fingerprint density at radius 1 is 1.17 bits per heavy atom. The minimum atomic E-state index is -0.0358. The number of benzene rings is 1. The highest BCUT2D eigenvalue weighted by molar-refractivity contribution is 6.22. The molecule has 0 spiro atoms. The fraction of sp³-hybridized carbons (Fsp3) is 0.500. The van der Waals surface area contributed by atoms with Crippen LogP contribution in [0.3, 0.4) is 0 Å². The van der Waals surface area contributed by atoms with Gasteiger partial charge in [0.25, 0.3) is 0 Å². The number of carbonyl (C=O) groups is 2. The van der Waals surface area contributed by atoms with Crippen molar-refractivity contribution in [1.82, 2.24) is 10.2 Å². The molecule has 128 valence electrons. The van der Waals surface area contributed by atoms with E-state index in [1.165, 1.54) is 12.8 Å². The number of rotatable bonds is 5. The Morgan fingerprint density at radius 3 is 2.54 bits per heavy atom. The van der Waals surface area contributed by atoms with E-state index in [9.17, 15) is 9.59 Å². The van der Waals surface area contributed by atoms with Crippen LogP contribution in [0.25, 0.3) is 0 Å². The molecule has 1 saturated heterocycles. The summed E-state index contributed by atoms with van der Waals surface area (Å²) >= 11 is 0. The maximum absolute atomic E-state index is 12.4. The lowest BCUT2D eigenvalue weighted by molar-refractivity contribution is -0.124. The lowest BCUT2D eigenvalue weighted by Gasteiger charge is -2.24. The molecule has 1 atom stereocenters. The van der Waals surface area contributed by atoms with E-state index in [1.807, 2.05) is 30.3 Å². The first-order valence-electron chi connectivity index (χ1n) is 8.98. The molecule has 24 heavy (non-hydrogen) atoms. The number of ketones is 2. The second kappa shape index (κ2) is 7.75. The van der Waals surface area contributed by atoms with Crippen molar-refractivity contribution >= 4 is 11.6 Å². The molecule has 0 amide bonds. The minimum Gasteiger partial charge on any atom is -0.389 e. The molecule has 0 aromatic heterocycles. The molecule has 4 nitrogen and oxygen atoms in total. The van der Waals surface area contributed by atoms with Crippen molar-refractivity contribution in [2.75, 3.05) is 19.6 Å². The van der Waals surface area contributed by atoms with Gasteiger partial charge in [-0.1, -0.05) is 37.3 Å². The third-order valence-electron chi connectivity index (χ3n) is 5.24. The minimum absolute atomic E-state index is 0.0220. The summed E-state index contributed by atoms with van der Waals surface area (Å²) in [5, 5.41) is 3.23. The van der Waals surface area contributed by atoms with Crippen molar-refractivity contribution < 1.29 is 9.59 Å². The number of likely N-dealkylation sites (tertiary alicyclic amines) is 1. The summed E-state index contributed by atoms with van der Waals surface area (Å²) in [6.07, 6.45) is 4.93. The van der Waals surface area contributed by atoms with Crippen LogP contribution in [0, 0.1) is 0 Å². The van der Waals surface area contributed by atoms with Crippen LogP contribution in [-0.2, 0) is 9.59 Å². The summed E-state index contributed by atoms with van der Waals surface area (Å²) in [6.45, 7) is 5.18. The molecule has 1 heterocycles. The van der Waals surface area contributed by atoms with E-state index >= 15 is 0 Å². The maximum Gasteiger partial charge on any atom is 0.168 e. The van der Waals surface area contributed by atoms with Crippen LogP contribution in [0.1, 0.15) is 44.1 Å². The van der Waals surface area contributed by atoms with Crippen LogP contribution >= 0.6 is 0 Å². The molecule has 2 aliphatic rings. The maximum atomic E-state index is 12.4. The smallest absolute Gasteiger partial charge is 0.168 e. The molecule has 1 saturated carbocycles. The molecule has 1 aliphatic heterocycles. The molecular formula is C20H26N2O2. The van der Waals surface area contributed by atoms with Crippen LogP contribution in [0.4, 0.5) is 0 Å². The largest absolute Gasteiger partial charge is 0.389 e. The molecule has 0 unspecified atom stereocenters. The highest BCUT2D eigenvalue weighted by Crippen LogP contribution is 2.31. The zero-order valence-corrected chi connectivity index (χ0v) is 14.3. The standard InChI is InChI=1S/C20H26N2O2/c1-2-22-10-6-9-17(22)13-21-14-18-19(23)11-16(12-20(18)24)15-7-4-3-5-8-15/h3-5,7-8,14,16-17,21H,2,6,9-13H2,1H3/t16?,17-/m0/s1. The van der Waals surface area contributed by atoms with Crippen LogP contribution in [0.2, 0.25) is 0 Å². The Labute approximate surface area is 143 Å². The Hall–Kier alpha value is -1.94. The number of Topliss-reactive ketones (excluding diaryl/α,β-unsaturated/α-hetero) is 2. The Balaban J connectivity index is 1.59. The average Bonchev–Trinajstić information content (AvgIpc) is 3.05. The molecule has 0 radical (unpaired) electrons. The van der Waals surface area contributed by atoms with Crippen molar-refractivity contribution in [3.8, 4) is 0 Å². The number of hydrogen-bond donors (Lipinski definition) is 1. The lowest BCUT2D eigenvalue weighted by atomic mass is 9.80. The van der Waals surface area contributed by atoms with Crippen LogP contribution in [-0.4, -0.2) is 42.1 Å². The van der Waals surface area contributed by atoms with Gasteiger partial charge in [-0.2, -0.15) is 0 Å². The van der Waals surface area contributed by atoms with Gasteiger partial charge in [0.1, 0.15) is 0 Å². The van der Waals surface area contributed by atoms with E-state index in [4.69, 9.17) is 0 Å². The average molecular weight is 326 g/mol. The monoisotopic (exact) mass is 326 g/mol. The molecule has 1 aliphatic carbocycles. The van der Waals surface area contributed by atoms with Crippen molar-refractivity contribution in [1.29, 1.82) is 0 Å². The molecule has 4 heteroatoms. The summed E-state index contributed by atoms with van der Waals surface area (Å²) in [7, 11) is 0. The Morgan fingerprint density at radius 2 is 1.88 bits per heavy atom. The van der Waals surface area contributed by atoms with E-state index in [0.717, 1.165) is 25.2 Å². The van der Waals surface area contributed by atoms with Gasteiger partial charge in [0.15, 0.2) is 11.6 Å². The molecular weight excluding hydrogens is 300 g/mol. The van der Waals surface area contributed by atoms with Gasteiger partial charge in [0.2, 0.25) is 0 Å². The summed E-state index contributed by atoms with van der Waals surface area (Å²) in [5.41, 5.74) is 1.43. The van der Waals surface area contributed by atoms with Crippen molar-refractivity contribution in [3.05, 3.63) is 47.7 Å². The van der Waals surface area contributed by atoms with Crippen LogP contribution < -0.4 is 5.32 Å². The Kier molecular flexibility index (Phi) is 5.46. The normalized spacial score (nSPS) is 25.1. The van der Waals surface area contributed by atoms with Gasteiger partial charge in [0.05, 0.1) is 5.57 Å². The van der Waals surface area contributed by atoms with Crippen LogP contribution in [0.5, 0.6) is 0 Å². The van der Waals surface area contributed by atoms with Gasteiger partial charge in [0, 0.05) is 31.6 Å². The van der Waals surface area contributed by atoms with Gasteiger partial charge in [-0.25, -0.2) is 0 Å². The number of likely N-dealkylation sites (N-methyl/N-ethyl adjacent to an activating group) is 1. The first-order chi connectivity index (χ1) is 11.7. The van der Waals surface area contributed by atoms with Gasteiger partial charge < -0.3 is 5.32 Å². The molecule has 1 aromatic rings. The second-order valence-electron chi connectivity index (χ2n) is 6.75. The number of allylic oxidation sites excluding steroid dienone is 1. The molecule has 3 rings (SSSR count). The van der Waals surface area contributed by atoms with E-state index in [2.05, 4.69) is 17.1 Å². The van der Waals surface area contributed by atoms with Crippen molar-refractivity contribution in [2.45, 2.75) is 44.6 Å². The topological polar surface area (TPSA) is 49.4 Å². The van der Waals surface area contributed by atoms with Crippen molar-refractivity contribution in [3.63, 3.8) is 0 Å². The zero-order chi connectivity index (χ0) is 16.9. The summed E-state index contributed by atoms with van der Waals surface area (Å²) in [6, 6.07) is 10.4. The van der Waals surface area contributed by atoms with E-state index in [-0.39, 0.29) is 17.5 Å². The van der Waals surface area contributed by atoms with Gasteiger partial charge >= 0.3 is 0 Å².